The van der Waals surface area contributed by atoms with Gasteiger partial charge in [0.1, 0.15) is 11.3 Å². The second-order valence-corrected chi connectivity index (χ2v) is 6.28. The third kappa shape index (κ3) is 2.56. The lowest BCUT2D eigenvalue weighted by Crippen LogP contribution is -2.46. The van der Waals surface area contributed by atoms with Gasteiger partial charge in [-0.1, -0.05) is 18.2 Å². The lowest BCUT2D eigenvalue weighted by atomic mass is 9.96. The van der Waals surface area contributed by atoms with Gasteiger partial charge < -0.3 is 10.1 Å². The lowest BCUT2D eigenvalue weighted by molar-refractivity contribution is -0.131. The molecule has 5 nitrogen and oxygen atoms in total. The number of ether oxygens (including phenoxy) is 1. The molecule has 5 heteroatoms. The van der Waals surface area contributed by atoms with Gasteiger partial charge in [-0.25, -0.2) is 4.79 Å². The number of nitrogens with one attached hydrogen (secondary N) is 1. The highest BCUT2D eigenvalue weighted by Gasteiger charge is 2.55. The third-order valence-corrected chi connectivity index (χ3v) is 4.72. The van der Waals surface area contributed by atoms with Crippen molar-refractivity contribution in [3.63, 3.8) is 0 Å². The van der Waals surface area contributed by atoms with Crippen molar-refractivity contribution in [1.82, 2.24) is 10.2 Å². The Kier molecular flexibility index (Phi) is 3.81. The second-order valence-electron chi connectivity index (χ2n) is 6.28. The van der Waals surface area contributed by atoms with E-state index in [-0.39, 0.29) is 11.9 Å². The molecule has 2 aliphatic rings. The summed E-state index contributed by atoms with van der Waals surface area (Å²) in [5, 5.41) is 2.88. The van der Waals surface area contributed by atoms with E-state index in [0.717, 1.165) is 37.0 Å². The fraction of sp³-hybridized carbons (Fsp3) is 0.529. The lowest BCUT2D eigenvalue weighted by Gasteiger charge is -2.21. The highest BCUT2D eigenvalue weighted by molar-refractivity contribution is 6.07. The van der Waals surface area contributed by atoms with E-state index in [1.807, 2.05) is 31.2 Å². The minimum absolute atomic E-state index is 0.0694. The topological polar surface area (TPSA) is 58.6 Å². The van der Waals surface area contributed by atoms with Crippen LogP contribution in [0.4, 0.5) is 4.79 Å². The van der Waals surface area contributed by atoms with Crippen molar-refractivity contribution in [3.8, 4) is 5.75 Å². The fourth-order valence-corrected chi connectivity index (χ4v) is 3.19. The number of amides is 3. The van der Waals surface area contributed by atoms with Crippen LogP contribution < -0.4 is 10.1 Å². The molecule has 0 spiro atoms. The standard InChI is InChI=1S/C17H22N2O3/c1-17(13-9-10-13)15(20)19(16(21)18-17)11-5-7-12-6-3-4-8-14(12)22-2/h3-4,6,8,13H,5,7,9-11H2,1-2H3,(H,18,21)/t17-/m0/s1. The fourth-order valence-electron chi connectivity index (χ4n) is 3.19. The van der Waals surface area contributed by atoms with Crippen LogP contribution in [0.1, 0.15) is 31.7 Å². The van der Waals surface area contributed by atoms with Crippen molar-refractivity contribution in [1.29, 1.82) is 0 Å². The van der Waals surface area contributed by atoms with Crippen molar-refractivity contribution >= 4 is 11.9 Å². The Balaban J connectivity index is 1.60. The van der Waals surface area contributed by atoms with Crippen LogP contribution in [-0.2, 0) is 11.2 Å². The number of hydrogen-bond acceptors (Lipinski definition) is 3. The van der Waals surface area contributed by atoms with Gasteiger partial charge in [0.05, 0.1) is 7.11 Å². The first kappa shape index (κ1) is 14.9. The number of urea groups is 1. The Bertz CT molecular complexity index is 597. The molecule has 0 aromatic heterocycles. The molecule has 1 aromatic carbocycles. The average Bonchev–Trinajstić information content (AvgIpc) is 3.33. The number of carbonyl (C=O) groups is 2. The SMILES string of the molecule is COc1ccccc1CCCN1C(=O)N[C@@](C)(C2CC2)C1=O. The number of benzene rings is 1. The van der Waals surface area contributed by atoms with E-state index in [1.165, 1.54) is 4.90 Å². The number of nitrogens with zero attached hydrogens (tertiary/aromatic N) is 1. The highest BCUT2D eigenvalue weighted by atomic mass is 16.5. The molecule has 1 N–H and O–H groups in total. The van der Waals surface area contributed by atoms with E-state index in [0.29, 0.717) is 12.5 Å². The van der Waals surface area contributed by atoms with Crippen LogP contribution in [-0.4, -0.2) is 36.0 Å². The van der Waals surface area contributed by atoms with Crippen molar-refractivity contribution in [2.24, 2.45) is 5.92 Å². The number of aryl methyl sites for hydroxylation is 1. The molecule has 1 atom stereocenters. The number of carbonyl (C=O) groups excluding carboxylic acids is 2. The molecule has 2 fully saturated rings. The molecule has 1 aromatic rings. The van der Waals surface area contributed by atoms with Gasteiger partial charge in [0, 0.05) is 6.54 Å². The summed E-state index contributed by atoms with van der Waals surface area (Å²) >= 11 is 0. The van der Waals surface area contributed by atoms with Crippen LogP contribution >= 0.6 is 0 Å². The first-order chi connectivity index (χ1) is 10.6. The zero-order valence-electron chi connectivity index (χ0n) is 13.1. The maximum absolute atomic E-state index is 12.5. The number of rotatable bonds is 6. The molecule has 1 saturated heterocycles. The van der Waals surface area contributed by atoms with Gasteiger partial charge in [-0.3, -0.25) is 9.69 Å². The van der Waals surface area contributed by atoms with Crippen LogP contribution in [0.15, 0.2) is 24.3 Å². The van der Waals surface area contributed by atoms with Gasteiger partial charge in [-0.2, -0.15) is 0 Å². The molecule has 0 radical (unpaired) electrons. The minimum Gasteiger partial charge on any atom is -0.496 e. The van der Waals surface area contributed by atoms with Gasteiger partial charge in [-0.05, 0) is 50.2 Å². The predicted molar refractivity (Wildman–Crippen MR) is 82.7 cm³/mol. The van der Waals surface area contributed by atoms with Crippen molar-refractivity contribution in [3.05, 3.63) is 29.8 Å². The normalized spacial score (nSPS) is 24.5. The molecule has 3 rings (SSSR count). The Morgan fingerprint density at radius 2 is 2.05 bits per heavy atom. The van der Waals surface area contributed by atoms with Gasteiger partial charge in [-0.15, -0.1) is 0 Å². The molecule has 1 aliphatic carbocycles. The van der Waals surface area contributed by atoms with Crippen LogP contribution in [0.2, 0.25) is 0 Å². The van der Waals surface area contributed by atoms with Gasteiger partial charge in [0.15, 0.2) is 0 Å². The van der Waals surface area contributed by atoms with E-state index in [2.05, 4.69) is 5.32 Å². The maximum atomic E-state index is 12.5. The maximum Gasteiger partial charge on any atom is 0.325 e. The van der Waals surface area contributed by atoms with E-state index < -0.39 is 5.54 Å². The Morgan fingerprint density at radius 3 is 2.73 bits per heavy atom. The molecule has 118 valence electrons. The second kappa shape index (κ2) is 5.63. The zero-order chi connectivity index (χ0) is 15.7. The van der Waals surface area contributed by atoms with Crippen LogP contribution in [0.5, 0.6) is 5.75 Å². The van der Waals surface area contributed by atoms with E-state index in [9.17, 15) is 9.59 Å². The molecular formula is C17H22N2O3. The van der Waals surface area contributed by atoms with Crippen molar-refractivity contribution < 1.29 is 14.3 Å². The van der Waals surface area contributed by atoms with E-state index >= 15 is 0 Å². The van der Waals surface area contributed by atoms with E-state index in [4.69, 9.17) is 4.74 Å². The van der Waals surface area contributed by atoms with Crippen molar-refractivity contribution in [2.75, 3.05) is 13.7 Å². The Hall–Kier alpha value is -2.04. The Morgan fingerprint density at radius 1 is 1.32 bits per heavy atom. The average molecular weight is 302 g/mol. The largest absolute Gasteiger partial charge is 0.496 e. The molecule has 1 heterocycles. The van der Waals surface area contributed by atoms with Crippen LogP contribution in [0.3, 0.4) is 0 Å². The first-order valence-corrected chi connectivity index (χ1v) is 7.82. The monoisotopic (exact) mass is 302 g/mol. The summed E-state index contributed by atoms with van der Waals surface area (Å²) in [5.41, 5.74) is 0.420. The molecule has 0 unspecified atom stereocenters. The smallest absolute Gasteiger partial charge is 0.325 e. The number of methoxy groups -OCH3 is 1. The number of para-hydroxylation sites is 1. The number of hydrogen-bond donors (Lipinski definition) is 1. The summed E-state index contributed by atoms with van der Waals surface area (Å²) in [7, 11) is 1.65. The van der Waals surface area contributed by atoms with Gasteiger partial charge in [0.25, 0.3) is 5.91 Å². The summed E-state index contributed by atoms with van der Waals surface area (Å²) < 4.78 is 5.32. The summed E-state index contributed by atoms with van der Waals surface area (Å²) in [6.07, 6.45) is 3.57. The molecular weight excluding hydrogens is 280 g/mol. The molecule has 1 saturated carbocycles. The van der Waals surface area contributed by atoms with Gasteiger partial charge in [0.2, 0.25) is 0 Å². The highest BCUT2D eigenvalue weighted by Crippen LogP contribution is 2.42. The predicted octanol–water partition coefficient (Wildman–Crippen LogP) is 2.35. The molecule has 3 amide bonds. The van der Waals surface area contributed by atoms with Crippen LogP contribution in [0.25, 0.3) is 0 Å². The van der Waals surface area contributed by atoms with Crippen LogP contribution in [0, 0.1) is 5.92 Å². The summed E-state index contributed by atoms with van der Waals surface area (Å²) in [6.45, 7) is 2.30. The summed E-state index contributed by atoms with van der Waals surface area (Å²) in [4.78, 5) is 25.9. The van der Waals surface area contributed by atoms with Crippen molar-refractivity contribution in [2.45, 2.75) is 38.1 Å². The minimum atomic E-state index is -0.679. The molecule has 22 heavy (non-hydrogen) atoms. The Labute approximate surface area is 130 Å². The zero-order valence-corrected chi connectivity index (χ0v) is 13.1. The van der Waals surface area contributed by atoms with Gasteiger partial charge >= 0.3 is 6.03 Å². The summed E-state index contributed by atoms with van der Waals surface area (Å²) in [6, 6.07) is 7.59. The first-order valence-electron chi connectivity index (χ1n) is 7.82. The van der Waals surface area contributed by atoms with E-state index in [1.54, 1.807) is 7.11 Å². The quantitative estimate of drug-likeness (QED) is 0.821. The summed E-state index contributed by atoms with van der Waals surface area (Å²) in [5.74, 6) is 1.09. The molecule has 0 bridgehead atoms. The third-order valence-electron chi connectivity index (χ3n) is 4.72. The molecule has 1 aliphatic heterocycles. The number of imide groups is 1.